The Morgan fingerprint density at radius 1 is 1.28 bits per heavy atom. The van der Waals surface area contributed by atoms with Crippen molar-refractivity contribution in [3.8, 4) is 0 Å². The minimum atomic E-state index is -0.412. The molecule has 0 saturated carbocycles. The van der Waals surface area contributed by atoms with Gasteiger partial charge in [0.1, 0.15) is 12.1 Å². The SMILES string of the molecule is CCC(C)(CC)N1C(=O)C(C)NC(=O)C1C(C)C. The maximum atomic E-state index is 12.5. The Hall–Kier alpha value is -1.06. The van der Waals surface area contributed by atoms with Gasteiger partial charge in [0, 0.05) is 5.54 Å². The van der Waals surface area contributed by atoms with E-state index in [1.807, 2.05) is 18.7 Å². The summed E-state index contributed by atoms with van der Waals surface area (Å²) in [6.45, 7) is 12.0. The quantitative estimate of drug-likeness (QED) is 0.833. The standard InChI is InChI=1S/C14H26N2O2/c1-7-14(6,8-2)16-11(9(3)4)12(17)15-10(5)13(16)18/h9-11H,7-8H2,1-6H3,(H,15,17). The fourth-order valence-electron chi connectivity index (χ4n) is 2.62. The molecular weight excluding hydrogens is 228 g/mol. The molecule has 0 aromatic rings. The van der Waals surface area contributed by atoms with E-state index in [-0.39, 0.29) is 29.3 Å². The van der Waals surface area contributed by atoms with Crippen molar-refractivity contribution < 1.29 is 9.59 Å². The van der Waals surface area contributed by atoms with Gasteiger partial charge in [0.05, 0.1) is 0 Å². The van der Waals surface area contributed by atoms with Crippen LogP contribution in [0, 0.1) is 5.92 Å². The van der Waals surface area contributed by atoms with Crippen molar-refractivity contribution in [1.82, 2.24) is 10.2 Å². The molecular formula is C14H26N2O2. The van der Waals surface area contributed by atoms with Crippen LogP contribution in [0.5, 0.6) is 0 Å². The predicted octanol–water partition coefficient (Wildman–Crippen LogP) is 1.94. The highest BCUT2D eigenvalue weighted by Crippen LogP contribution is 2.31. The van der Waals surface area contributed by atoms with Gasteiger partial charge in [-0.05, 0) is 32.6 Å². The van der Waals surface area contributed by atoms with E-state index >= 15 is 0 Å². The molecule has 4 heteroatoms. The van der Waals surface area contributed by atoms with Gasteiger partial charge >= 0.3 is 0 Å². The van der Waals surface area contributed by atoms with Crippen molar-refractivity contribution in [3.05, 3.63) is 0 Å². The molecule has 1 heterocycles. The van der Waals surface area contributed by atoms with Crippen molar-refractivity contribution in [2.75, 3.05) is 0 Å². The number of nitrogens with one attached hydrogen (secondary N) is 1. The molecule has 2 atom stereocenters. The van der Waals surface area contributed by atoms with Crippen LogP contribution in [0.25, 0.3) is 0 Å². The fourth-order valence-corrected chi connectivity index (χ4v) is 2.62. The second kappa shape index (κ2) is 5.29. The Balaban J connectivity index is 3.21. The van der Waals surface area contributed by atoms with E-state index in [0.29, 0.717) is 0 Å². The van der Waals surface area contributed by atoms with Gasteiger partial charge in [-0.3, -0.25) is 9.59 Å². The number of hydrogen-bond donors (Lipinski definition) is 1. The fraction of sp³-hybridized carbons (Fsp3) is 0.857. The third-order valence-electron chi connectivity index (χ3n) is 4.25. The Labute approximate surface area is 110 Å². The lowest BCUT2D eigenvalue weighted by molar-refractivity contribution is -0.158. The van der Waals surface area contributed by atoms with E-state index in [9.17, 15) is 9.59 Å². The topological polar surface area (TPSA) is 49.4 Å². The van der Waals surface area contributed by atoms with Crippen LogP contribution >= 0.6 is 0 Å². The molecule has 0 aliphatic carbocycles. The number of rotatable bonds is 4. The molecule has 0 radical (unpaired) electrons. The second-order valence-electron chi connectivity index (χ2n) is 5.83. The van der Waals surface area contributed by atoms with Gasteiger partial charge in [0.25, 0.3) is 0 Å². The predicted molar refractivity (Wildman–Crippen MR) is 72.1 cm³/mol. The molecule has 1 aliphatic rings. The number of hydrogen-bond acceptors (Lipinski definition) is 2. The van der Waals surface area contributed by atoms with Crippen LogP contribution in [0.1, 0.15) is 54.4 Å². The molecule has 0 spiro atoms. The van der Waals surface area contributed by atoms with E-state index in [4.69, 9.17) is 0 Å². The summed E-state index contributed by atoms with van der Waals surface area (Å²) in [5, 5.41) is 2.78. The summed E-state index contributed by atoms with van der Waals surface area (Å²) in [5.41, 5.74) is -0.238. The van der Waals surface area contributed by atoms with E-state index in [1.165, 1.54) is 0 Å². The van der Waals surface area contributed by atoms with E-state index in [1.54, 1.807) is 6.92 Å². The van der Waals surface area contributed by atoms with Gasteiger partial charge in [-0.1, -0.05) is 27.7 Å². The highest BCUT2D eigenvalue weighted by atomic mass is 16.2. The van der Waals surface area contributed by atoms with Gasteiger partial charge in [0.15, 0.2) is 0 Å². The van der Waals surface area contributed by atoms with Crippen LogP contribution in [0.15, 0.2) is 0 Å². The first-order valence-electron chi connectivity index (χ1n) is 6.92. The van der Waals surface area contributed by atoms with Crippen LogP contribution in [0.2, 0.25) is 0 Å². The number of carbonyl (C=O) groups excluding carboxylic acids is 2. The van der Waals surface area contributed by atoms with E-state index in [0.717, 1.165) is 12.8 Å². The van der Waals surface area contributed by atoms with Crippen LogP contribution in [0.4, 0.5) is 0 Å². The zero-order chi connectivity index (χ0) is 14.1. The lowest BCUT2D eigenvalue weighted by atomic mass is 9.86. The maximum Gasteiger partial charge on any atom is 0.246 e. The molecule has 104 valence electrons. The van der Waals surface area contributed by atoms with E-state index < -0.39 is 6.04 Å². The zero-order valence-electron chi connectivity index (χ0n) is 12.4. The van der Waals surface area contributed by atoms with Gasteiger partial charge in [-0.15, -0.1) is 0 Å². The normalized spacial score (nSPS) is 25.6. The molecule has 2 amide bonds. The minimum absolute atomic E-state index is 0.0229. The minimum Gasteiger partial charge on any atom is -0.343 e. The smallest absolute Gasteiger partial charge is 0.246 e. The first kappa shape index (κ1) is 15.0. The van der Waals surface area contributed by atoms with Crippen LogP contribution in [-0.4, -0.2) is 34.3 Å². The van der Waals surface area contributed by atoms with Crippen LogP contribution in [0.3, 0.4) is 0 Å². The lowest BCUT2D eigenvalue weighted by Crippen LogP contribution is -2.69. The summed E-state index contributed by atoms with van der Waals surface area (Å²) in [6.07, 6.45) is 1.72. The summed E-state index contributed by atoms with van der Waals surface area (Å²) in [7, 11) is 0. The number of piperazine rings is 1. The Morgan fingerprint density at radius 2 is 1.78 bits per heavy atom. The van der Waals surface area contributed by atoms with Crippen molar-refractivity contribution in [3.63, 3.8) is 0 Å². The first-order valence-corrected chi connectivity index (χ1v) is 6.92. The Bertz CT molecular complexity index is 335. The van der Waals surface area contributed by atoms with Gasteiger partial charge in [0.2, 0.25) is 11.8 Å². The summed E-state index contributed by atoms with van der Waals surface area (Å²) >= 11 is 0. The average Bonchev–Trinajstić information content (AvgIpc) is 2.31. The van der Waals surface area contributed by atoms with Gasteiger partial charge in [-0.25, -0.2) is 0 Å². The molecule has 0 aromatic heterocycles. The molecule has 18 heavy (non-hydrogen) atoms. The van der Waals surface area contributed by atoms with Crippen molar-refractivity contribution >= 4 is 11.8 Å². The third kappa shape index (κ3) is 2.38. The average molecular weight is 254 g/mol. The second-order valence-corrected chi connectivity index (χ2v) is 5.83. The van der Waals surface area contributed by atoms with Gasteiger partial charge < -0.3 is 10.2 Å². The first-order chi connectivity index (χ1) is 8.28. The number of carbonyl (C=O) groups is 2. The lowest BCUT2D eigenvalue weighted by Gasteiger charge is -2.49. The van der Waals surface area contributed by atoms with Crippen molar-refractivity contribution in [2.45, 2.75) is 72.0 Å². The molecule has 1 saturated heterocycles. The van der Waals surface area contributed by atoms with Crippen molar-refractivity contribution in [1.29, 1.82) is 0 Å². The molecule has 0 bridgehead atoms. The van der Waals surface area contributed by atoms with Crippen LogP contribution < -0.4 is 5.32 Å². The molecule has 4 nitrogen and oxygen atoms in total. The summed E-state index contributed by atoms with van der Waals surface area (Å²) < 4.78 is 0. The largest absolute Gasteiger partial charge is 0.343 e. The Morgan fingerprint density at radius 3 is 2.17 bits per heavy atom. The molecule has 1 fully saturated rings. The highest BCUT2D eigenvalue weighted by molar-refractivity contribution is 5.97. The summed E-state index contributed by atoms with van der Waals surface area (Å²) in [5.74, 6) is 0.142. The zero-order valence-corrected chi connectivity index (χ0v) is 12.4. The molecule has 0 aromatic carbocycles. The monoisotopic (exact) mass is 254 g/mol. The van der Waals surface area contributed by atoms with Gasteiger partial charge in [-0.2, -0.15) is 0 Å². The van der Waals surface area contributed by atoms with Crippen LogP contribution in [-0.2, 0) is 9.59 Å². The molecule has 1 N–H and O–H groups in total. The number of amides is 2. The third-order valence-corrected chi connectivity index (χ3v) is 4.25. The Kier molecular flexibility index (Phi) is 4.41. The summed E-state index contributed by atoms with van der Waals surface area (Å²) in [4.78, 5) is 26.5. The van der Waals surface area contributed by atoms with Crippen molar-refractivity contribution in [2.24, 2.45) is 5.92 Å². The summed E-state index contributed by atoms with van der Waals surface area (Å²) in [6, 6.07) is -0.761. The molecule has 1 aliphatic heterocycles. The van der Waals surface area contributed by atoms with E-state index in [2.05, 4.69) is 26.1 Å². The molecule has 2 unspecified atom stereocenters. The molecule has 1 rings (SSSR count). The highest BCUT2D eigenvalue weighted by Gasteiger charge is 2.47. The maximum absolute atomic E-state index is 12.5. The number of nitrogens with zero attached hydrogens (tertiary/aromatic N) is 1.